The molecule has 0 bridgehead atoms. The van der Waals surface area contributed by atoms with Gasteiger partial charge in [-0.1, -0.05) is 29.3 Å². The number of hydrogen-bond acceptors (Lipinski definition) is 3. The molecule has 1 N–H and O–H groups in total. The van der Waals surface area contributed by atoms with Crippen molar-refractivity contribution in [2.45, 2.75) is 6.42 Å². The van der Waals surface area contributed by atoms with Crippen LogP contribution in [-0.2, 0) is 6.42 Å². The molecular weight excluding hydrogens is 365 g/mol. The molecule has 2 amide bonds. The van der Waals surface area contributed by atoms with Crippen LogP contribution in [0.4, 0.5) is 10.5 Å². The van der Waals surface area contributed by atoms with Gasteiger partial charge < -0.3 is 10.2 Å². The van der Waals surface area contributed by atoms with Crippen molar-refractivity contribution in [3.8, 4) is 0 Å². The van der Waals surface area contributed by atoms with Crippen LogP contribution < -0.4 is 5.32 Å². The summed E-state index contributed by atoms with van der Waals surface area (Å²) in [6.45, 7) is 4.28. The Morgan fingerprint density at radius 2 is 1.96 bits per heavy atom. The fraction of sp³-hybridized carbons (Fsp3) is 0.353. The summed E-state index contributed by atoms with van der Waals surface area (Å²) < 4.78 is 0. The quantitative estimate of drug-likeness (QED) is 0.846. The molecule has 7 heteroatoms. The molecular formula is C17H19Cl2N3OS. The maximum absolute atomic E-state index is 12.4. The number of carbonyl (C=O) groups excluding carboxylic acids is 1. The number of carbonyl (C=O) groups is 1. The van der Waals surface area contributed by atoms with E-state index in [1.54, 1.807) is 29.5 Å². The van der Waals surface area contributed by atoms with Crippen LogP contribution in [0.5, 0.6) is 0 Å². The lowest BCUT2D eigenvalue weighted by Gasteiger charge is -2.34. The minimum Gasteiger partial charge on any atom is -0.322 e. The highest BCUT2D eigenvalue weighted by Crippen LogP contribution is 2.25. The van der Waals surface area contributed by atoms with Gasteiger partial charge in [0.05, 0.1) is 10.7 Å². The van der Waals surface area contributed by atoms with Gasteiger partial charge >= 0.3 is 6.03 Å². The number of thiophene rings is 1. The van der Waals surface area contributed by atoms with Gasteiger partial charge in [-0.05, 0) is 36.1 Å². The molecule has 0 atom stereocenters. The van der Waals surface area contributed by atoms with Gasteiger partial charge in [-0.2, -0.15) is 0 Å². The first-order valence-electron chi connectivity index (χ1n) is 7.87. The molecule has 3 rings (SSSR count). The summed E-state index contributed by atoms with van der Waals surface area (Å²) in [4.78, 5) is 18.0. The summed E-state index contributed by atoms with van der Waals surface area (Å²) in [6, 6.07) is 9.21. The van der Waals surface area contributed by atoms with Crippen LogP contribution in [0.25, 0.3) is 0 Å². The molecule has 1 aliphatic rings. The Balaban J connectivity index is 1.46. The van der Waals surface area contributed by atoms with E-state index >= 15 is 0 Å². The molecule has 128 valence electrons. The number of anilines is 1. The molecule has 0 unspecified atom stereocenters. The molecule has 0 saturated carbocycles. The van der Waals surface area contributed by atoms with Crippen LogP contribution in [0.3, 0.4) is 0 Å². The van der Waals surface area contributed by atoms with Crippen LogP contribution in [0, 0.1) is 0 Å². The Bertz CT molecular complexity index is 685. The summed E-state index contributed by atoms with van der Waals surface area (Å²) in [6.07, 6.45) is 1.07. The van der Waals surface area contributed by atoms with Gasteiger partial charge in [0, 0.05) is 42.6 Å². The number of hydrogen-bond donors (Lipinski definition) is 1. The van der Waals surface area contributed by atoms with Crippen molar-refractivity contribution in [3.63, 3.8) is 0 Å². The van der Waals surface area contributed by atoms with Crippen molar-refractivity contribution >= 4 is 46.3 Å². The van der Waals surface area contributed by atoms with Gasteiger partial charge in [-0.25, -0.2) is 4.79 Å². The number of nitrogens with zero attached hydrogens (tertiary/aromatic N) is 2. The van der Waals surface area contributed by atoms with Crippen LogP contribution >= 0.6 is 34.5 Å². The Hall–Kier alpha value is -1.27. The third-order valence-electron chi connectivity index (χ3n) is 4.09. The number of piperazine rings is 1. The third-order valence-corrected chi connectivity index (χ3v) is 5.57. The molecule has 0 spiro atoms. The summed E-state index contributed by atoms with van der Waals surface area (Å²) in [7, 11) is 0. The maximum atomic E-state index is 12.4. The van der Waals surface area contributed by atoms with Gasteiger partial charge in [0.25, 0.3) is 0 Å². The average molecular weight is 384 g/mol. The van der Waals surface area contributed by atoms with Crippen molar-refractivity contribution in [3.05, 3.63) is 50.6 Å². The largest absolute Gasteiger partial charge is 0.322 e. The molecule has 2 heterocycles. The zero-order valence-electron chi connectivity index (χ0n) is 13.2. The third kappa shape index (κ3) is 4.63. The molecule has 0 aliphatic carbocycles. The fourth-order valence-corrected chi connectivity index (χ4v) is 3.84. The summed E-state index contributed by atoms with van der Waals surface area (Å²) in [5, 5.41) is 5.97. The molecule has 1 saturated heterocycles. The van der Waals surface area contributed by atoms with Gasteiger partial charge in [0.15, 0.2) is 0 Å². The minimum absolute atomic E-state index is 0.114. The first-order chi connectivity index (χ1) is 11.6. The molecule has 0 radical (unpaired) electrons. The molecule has 4 nitrogen and oxygen atoms in total. The number of rotatable bonds is 4. The number of urea groups is 1. The van der Waals surface area contributed by atoms with Gasteiger partial charge in [-0.3, -0.25) is 4.90 Å². The fourth-order valence-electron chi connectivity index (χ4n) is 2.68. The first-order valence-corrected chi connectivity index (χ1v) is 9.51. The smallest absolute Gasteiger partial charge is 0.321 e. The van der Waals surface area contributed by atoms with E-state index in [1.165, 1.54) is 4.88 Å². The highest BCUT2D eigenvalue weighted by molar-refractivity contribution is 7.09. The maximum Gasteiger partial charge on any atom is 0.321 e. The normalized spacial score (nSPS) is 15.5. The molecule has 1 aliphatic heterocycles. The van der Waals surface area contributed by atoms with E-state index in [1.807, 2.05) is 4.90 Å². The second kappa shape index (κ2) is 8.21. The van der Waals surface area contributed by atoms with Gasteiger partial charge in [0.2, 0.25) is 0 Å². The summed E-state index contributed by atoms with van der Waals surface area (Å²) >= 11 is 13.8. The SMILES string of the molecule is O=C(Nc1ccc(Cl)cc1Cl)N1CCN(CCc2cccs2)CC1. The molecule has 1 fully saturated rings. The highest BCUT2D eigenvalue weighted by atomic mass is 35.5. The van der Waals surface area contributed by atoms with Gasteiger partial charge in [0.1, 0.15) is 0 Å². The first kappa shape index (κ1) is 17.5. The molecule has 24 heavy (non-hydrogen) atoms. The zero-order valence-corrected chi connectivity index (χ0v) is 15.5. The average Bonchev–Trinajstić information content (AvgIpc) is 3.09. The van der Waals surface area contributed by atoms with E-state index in [0.717, 1.165) is 39.1 Å². The van der Waals surface area contributed by atoms with Crippen molar-refractivity contribution in [1.82, 2.24) is 9.80 Å². The lowest BCUT2D eigenvalue weighted by molar-refractivity contribution is 0.148. The van der Waals surface area contributed by atoms with Gasteiger partial charge in [-0.15, -0.1) is 11.3 Å². The van der Waals surface area contributed by atoms with E-state index in [4.69, 9.17) is 23.2 Å². The van der Waals surface area contributed by atoms with Crippen LogP contribution in [0.1, 0.15) is 4.88 Å². The monoisotopic (exact) mass is 383 g/mol. The lowest BCUT2D eigenvalue weighted by Crippen LogP contribution is -2.50. The summed E-state index contributed by atoms with van der Waals surface area (Å²) in [5.74, 6) is 0. The zero-order chi connectivity index (χ0) is 16.9. The number of nitrogens with one attached hydrogen (secondary N) is 1. The Morgan fingerprint density at radius 1 is 1.17 bits per heavy atom. The van der Waals surface area contributed by atoms with Crippen molar-refractivity contribution in [2.75, 3.05) is 38.0 Å². The number of benzene rings is 1. The molecule has 1 aromatic heterocycles. The van der Waals surface area contributed by atoms with Crippen molar-refractivity contribution in [2.24, 2.45) is 0 Å². The van der Waals surface area contributed by atoms with Crippen LogP contribution in [0.2, 0.25) is 10.0 Å². The molecule has 1 aromatic carbocycles. The van der Waals surface area contributed by atoms with E-state index in [9.17, 15) is 4.79 Å². The number of halogens is 2. The summed E-state index contributed by atoms with van der Waals surface area (Å²) in [5.41, 5.74) is 0.589. The predicted molar refractivity (Wildman–Crippen MR) is 102 cm³/mol. The van der Waals surface area contributed by atoms with Crippen LogP contribution in [-0.4, -0.2) is 48.6 Å². The second-order valence-corrected chi connectivity index (χ2v) is 7.59. The van der Waals surface area contributed by atoms with Crippen molar-refractivity contribution < 1.29 is 4.79 Å². The Morgan fingerprint density at radius 3 is 2.62 bits per heavy atom. The van der Waals surface area contributed by atoms with Crippen molar-refractivity contribution in [1.29, 1.82) is 0 Å². The van der Waals surface area contributed by atoms with E-state index in [2.05, 4.69) is 27.7 Å². The Labute approximate surface area is 156 Å². The molecule has 2 aromatic rings. The lowest BCUT2D eigenvalue weighted by atomic mass is 10.2. The van der Waals surface area contributed by atoms with Crippen LogP contribution in [0.15, 0.2) is 35.7 Å². The van der Waals surface area contributed by atoms with E-state index in [0.29, 0.717) is 15.7 Å². The Kier molecular flexibility index (Phi) is 6.00. The number of amides is 2. The predicted octanol–water partition coefficient (Wildman–Crippen LogP) is 4.45. The van der Waals surface area contributed by atoms with E-state index < -0.39 is 0 Å². The second-order valence-electron chi connectivity index (χ2n) is 5.71. The highest BCUT2D eigenvalue weighted by Gasteiger charge is 2.21. The minimum atomic E-state index is -0.114. The topological polar surface area (TPSA) is 35.6 Å². The standard InChI is InChI=1S/C17H19Cl2N3OS/c18-13-3-4-16(15(19)12-13)20-17(23)22-9-7-21(8-10-22)6-5-14-2-1-11-24-14/h1-4,11-12H,5-10H2,(H,20,23). The van der Waals surface area contributed by atoms with E-state index in [-0.39, 0.29) is 6.03 Å².